The lowest BCUT2D eigenvalue weighted by atomic mass is 10.7. The molecule has 0 heterocycles. The van der Waals surface area contributed by atoms with Gasteiger partial charge in [-0.15, -0.1) is 12.4 Å². The molecule has 0 aliphatic carbocycles. The topological polar surface area (TPSA) is 40.5 Å². The third-order valence-corrected chi connectivity index (χ3v) is 0.801. The van der Waals surface area contributed by atoms with Crippen LogP contribution in [0.25, 0.3) is 0 Å². The average Bonchev–Trinajstić information content (AvgIpc) is 1.65. The lowest BCUT2D eigenvalue weighted by Gasteiger charge is -2.06. The van der Waals surface area contributed by atoms with Gasteiger partial charge < -0.3 is 10.0 Å². The lowest BCUT2D eigenvalue weighted by molar-refractivity contribution is 0.158. The van der Waals surface area contributed by atoms with E-state index < -0.39 is 6.09 Å². The molecule has 1 amide bonds. The summed E-state index contributed by atoms with van der Waals surface area (Å²) in [6.07, 6.45) is -0.873. The van der Waals surface area contributed by atoms with Crippen LogP contribution in [-0.4, -0.2) is 29.7 Å². The highest BCUT2D eigenvalue weighted by Crippen LogP contribution is 1.78. The van der Waals surface area contributed by atoms with Crippen molar-refractivity contribution in [3.8, 4) is 0 Å². The summed E-state index contributed by atoms with van der Waals surface area (Å²) in [7, 11) is 1.53. The van der Waals surface area contributed by atoms with E-state index in [4.69, 9.17) is 5.11 Å². The van der Waals surface area contributed by atoms with Crippen molar-refractivity contribution in [2.24, 2.45) is 0 Å². The Balaban J connectivity index is 0. The first-order chi connectivity index (χ1) is 3.18. The maximum atomic E-state index is 9.86. The van der Waals surface area contributed by atoms with Gasteiger partial charge in [-0.25, -0.2) is 4.79 Å². The molecule has 0 aliphatic rings. The van der Waals surface area contributed by atoms with Gasteiger partial charge in [0.2, 0.25) is 0 Å². The van der Waals surface area contributed by atoms with Crippen LogP contribution in [0.3, 0.4) is 0 Å². The van der Waals surface area contributed by atoms with Crippen LogP contribution in [0.15, 0.2) is 0 Å². The number of amides is 1. The van der Waals surface area contributed by atoms with Crippen molar-refractivity contribution in [3.63, 3.8) is 0 Å². The lowest BCUT2D eigenvalue weighted by Crippen LogP contribution is -2.23. The molecule has 0 aromatic heterocycles. The maximum Gasteiger partial charge on any atom is 0.407 e. The number of hydrogen-bond donors (Lipinski definition) is 1. The van der Waals surface area contributed by atoms with Crippen molar-refractivity contribution >= 4 is 18.5 Å². The Labute approximate surface area is 54.7 Å². The molecule has 0 saturated heterocycles. The highest BCUT2D eigenvalue weighted by atomic mass is 35.5. The van der Waals surface area contributed by atoms with Crippen LogP contribution in [0.2, 0.25) is 0 Å². The molecule has 50 valence electrons. The van der Waals surface area contributed by atoms with Crippen LogP contribution in [0.5, 0.6) is 0 Å². The van der Waals surface area contributed by atoms with Gasteiger partial charge in [0, 0.05) is 13.6 Å². The van der Waals surface area contributed by atoms with E-state index in [0.29, 0.717) is 6.54 Å². The van der Waals surface area contributed by atoms with Gasteiger partial charge in [0.05, 0.1) is 0 Å². The average molecular weight is 140 g/mol. The molecule has 8 heavy (non-hydrogen) atoms. The molecule has 0 atom stereocenters. The largest absolute Gasteiger partial charge is 0.465 e. The van der Waals surface area contributed by atoms with Gasteiger partial charge in [-0.2, -0.15) is 0 Å². The second kappa shape index (κ2) is 4.71. The highest BCUT2D eigenvalue weighted by molar-refractivity contribution is 5.85. The van der Waals surface area contributed by atoms with Crippen molar-refractivity contribution < 1.29 is 9.90 Å². The van der Waals surface area contributed by atoms with E-state index in [9.17, 15) is 4.79 Å². The minimum Gasteiger partial charge on any atom is -0.465 e. The summed E-state index contributed by atoms with van der Waals surface area (Å²) in [6, 6.07) is 0. The molecule has 0 fully saturated rings. The molecule has 0 rings (SSSR count). The molecule has 0 unspecified atom stereocenters. The number of halogens is 1. The van der Waals surface area contributed by atoms with Crippen molar-refractivity contribution in [3.05, 3.63) is 0 Å². The Morgan fingerprint density at radius 1 is 1.75 bits per heavy atom. The quantitative estimate of drug-likeness (QED) is 0.590. The van der Waals surface area contributed by atoms with Crippen molar-refractivity contribution in [1.29, 1.82) is 0 Å². The molecule has 0 spiro atoms. The molecule has 4 heteroatoms. The minimum absolute atomic E-state index is 0. The van der Waals surface area contributed by atoms with E-state index in [1.807, 2.05) is 0 Å². The fourth-order valence-electron chi connectivity index (χ4n) is 0.135. The molecule has 0 radical (unpaired) electrons. The van der Waals surface area contributed by atoms with Gasteiger partial charge in [0.15, 0.2) is 0 Å². The Morgan fingerprint density at radius 2 is 2.12 bits per heavy atom. The van der Waals surface area contributed by atoms with Crippen molar-refractivity contribution in [1.82, 2.24) is 4.90 Å². The zero-order chi connectivity index (χ0) is 5.86. The summed E-state index contributed by atoms with van der Waals surface area (Å²) in [5, 5.41) is 8.11. The normalized spacial score (nSPS) is 7.25. The molecule has 0 saturated carbocycles. The number of rotatable bonds is 1. The Morgan fingerprint density at radius 3 is 2.12 bits per heavy atom. The van der Waals surface area contributed by atoms with Crippen molar-refractivity contribution in [2.45, 2.75) is 6.92 Å². The van der Waals surface area contributed by atoms with Crippen LogP contribution in [-0.2, 0) is 0 Å². The summed E-state index contributed by atoms with van der Waals surface area (Å²) < 4.78 is 0. The first kappa shape index (κ1) is 10.5. The molecular weight excluding hydrogens is 130 g/mol. The summed E-state index contributed by atoms with van der Waals surface area (Å²) in [5.74, 6) is 0. The number of nitrogens with zero attached hydrogens (tertiary/aromatic N) is 1. The minimum atomic E-state index is -0.873. The zero-order valence-electron chi connectivity index (χ0n) is 4.92. The fourth-order valence-corrected chi connectivity index (χ4v) is 0.135. The van der Waals surface area contributed by atoms with Crippen LogP contribution >= 0.6 is 12.4 Å². The van der Waals surface area contributed by atoms with E-state index in [1.165, 1.54) is 11.9 Å². The predicted octanol–water partition coefficient (Wildman–Crippen LogP) is 1.04. The zero-order valence-corrected chi connectivity index (χ0v) is 5.73. The molecular formula is C4H10ClNO2. The monoisotopic (exact) mass is 139 g/mol. The van der Waals surface area contributed by atoms with E-state index in [2.05, 4.69) is 0 Å². The van der Waals surface area contributed by atoms with E-state index in [-0.39, 0.29) is 12.4 Å². The predicted molar refractivity (Wildman–Crippen MR) is 33.6 cm³/mol. The number of hydrogen-bond acceptors (Lipinski definition) is 1. The molecule has 0 bridgehead atoms. The van der Waals surface area contributed by atoms with Gasteiger partial charge in [-0.1, -0.05) is 0 Å². The van der Waals surface area contributed by atoms with Crippen molar-refractivity contribution in [2.75, 3.05) is 13.6 Å². The van der Waals surface area contributed by atoms with E-state index in [1.54, 1.807) is 6.92 Å². The smallest absolute Gasteiger partial charge is 0.407 e. The number of carboxylic acid groups (broad SMARTS) is 1. The molecule has 0 aromatic carbocycles. The molecule has 3 nitrogen and oxygen atoms in total. The maximum absolute atomic E-state index is 9.86. The second-order valence-corrected chi connectivity index (χ2v) is 1.30. The first-order valence-corrected chi connectivity index (χ1v) is 2.12. The Kier molecular flexibility index (Phi) is 6.20. The van der Waals surface area contributed by atoms with Gasteiger partial charge in [-0.05, 0) is 6.92 Å². The van der Waals surface area contributed by atoms with E-state index in [0.717, 1.165) is 0 Å². The van der Waals surface area contributed by atoms with Gasteiger partial charge in [-0.3, -0.25) is 0 Å². The van der Waals surface area contributed by atoms with E-state index >= 15 is 0 Å². The van der Waals surface area contributed by atoms with Crippen LogP contribution in [0.1, 0.15) is 6.92 Å². The Bertz CT molecular complexity index is 76.4. The third kappa shape index (κ3) is 3.74. The highest BCUT2D eigenvalue weighted by Gasteiger charge is 1.97. The van der Waals surface area contributed by atoms with Gasteiger partial charge >= 0.3 is 6.09 Å². The summed E-state index contributed by atoms with van der Waals surface area (Å²) in [6.45, 7) is 2.34. The molecule has 1 N–H and O–H groups in total. The van der Waals surface area contributed by atoms with Gasteiger partial charge in [0.1, 0.15) is 0 Å². The molecule has 0 aromatic rings. The van der Waals surface area contributed by atoms with Crippen LogP contribution < -0.4 is 0 Å². The number of carbonyl (C=O) groups is 1. The van der Waals surface area contributed by atoms with Crippen LogP contribution in [0, 0.1) is 0 Å². The SMILES string of the molecule is CCN(C)C(=O)O.Cl. The third-order valence-electron chi connectivity index (χ3n) is 0.801. The molecule has 0 aliphatic heterocycles. The first-order valence-electron chi connectivity index (χ1n) is 2.12. The summed E-state index contributed by atoms with van der Waals surface area (Å²) in [4.78, 5) is 11.1. The summed E-state index contributed by atoms with van der Waals surface area (Å²) in [5.41, 5.74) is 0. The van der Waals surface area contributed by atoms with Crippen LogP contribution in [0.4, 0.5) is 4.79 Å². The second-order valence-electron chi connectivity index (χ2n) is 1.30. The summed E-state index contributed by atoms with van der Waals surface area (Å²) >= 11 is 0. The van der Waals surface area contributed by atoms with Gasteiger partial charge in [0.25, 0.3) is 0 Å². The fraction of sp³-hybridized carbons (Fsp3) is 0.750. The Hall–Kier alpha value is -0.440. The standard InChI is InChI=1S/C4H9NO2.ClH/c1-3-5(2)4(6)7;/h3H2,1-2H3,(H,6,7);1H.